The first kappa shape index (κ1) is 15.1. The average Bonchev–Trinajstić information content (AvgIpc) is 2.35. The molecule has 0 bridgehead atoms. The zero-order valence-corrected chi connectivity index (χ0v) is 12.6. The fraction of sp³-hybridized carbons (Fsp3) is 0.375. The maximum absolute atomic E-state index is 12.3. The molecule has 2 rings (SSSR count). The van der Waals surface area contributed by atoms with Crippen LogP contribution in [0.5, 0.6) is 5.75 Å². The van der Waals surface area contributed by atoms with Gasteiger partial charge in [-0.1, -0.05) is 0 Å². The smallest absolute Gasteiger partial charge is 0.337 e. The average molecular weight is 289 g/mol. The Balaban J connectivity index is 2.53. The molecule has 1 amide bonds. The Hall–Kier alpha value is -2.30. The highest BCUT2D eigenvalue weighted by molar-refractivity contribution is 6.05. The van der Waals surface area contributed by atoms with Crippen LogP contribution in [0.15, 0.2) is 33.5 Å². The van der Waals surface area contributed by atoms with E-state index < -0.39 is 5.63 Å². The zero-order valence-electron chi connectivity index (χ0n) is 12.6. The van der Waals surface area contributed by atoms with Crippen molar-refractivity contribution in [1.82, 2.24) is 5.32 Å². The van der Waals surface area contributed by atoms with E-state index in [1.54, 1.807) is 18.2 Å². The third-order valence-corrected chi connectivity index (χ3v) is 2.76. The van der Waals surface area contributed by atoms with Gasteiger partial charge in [-0.2, -0.15) is 0 Å². The van der Waals surface area contributed by atoms with Crippen LogP contribution in [0.25, 0.3) is 11.0 Å². The van der Waals surface area contributed by atoms with Crippen LogP contribution < -0.4 is 15.7 Å². The monoisotopic (exact) mass is 289 g/mol. The molecule has 0 unspecified atom stereocenters. The van der Waals surface area contributed by atoms with Gasteiger partial charge in [0, 0.05) is 23.1 Å². The number of ether oxygens (including phenoxy) is 1. The molecule has 5 heteroatoms. The molecule has 0 fully saturated rings. The summed E-state index contributed by atoms with van der Waals surface area (Å²) >= 11 is 0. The second-order valence-electron chi connectivity index (χ2n) is 5.77. The quantitative estimate of drug-likeness (QED) is 0.882. The molecule has 0 aliphatic heterocycles. The predicted molar refractivity (Wildman–Crippen MR) is 80.9 cm³/mol. The normalized spacial score (nSPS) is 11.4. The van der Waals surface area contributed by atoms with E-state index in [4.69, 9.17) is 9.15 Å². The van der Waals surface area contributed by atoms with Crippen LogP contribution in [-0.2, 0) is 0 Å². The number of amides is 1. The third kappa shape index (κ3) is 3.62. The van der Waals surface area contributed by atoms with E-state index in [0.717, 1.165) is 0 Å². The number of hydrogen-bond acceptors (Lipinski definition) is 4. The lowest BCUT2D eigenvalue weighted by atomic mass is 10.1. The van der Waals surface area contributed by atoms with Crippen molar-refractivity contribution in [2.45, 2.75) is 33.2 Å². The van der Waals surface area contributed by atoms with Gasteiger partial charge in [0.05, 0.1) is 12.2 Å². The summed E-state index contributed by atoms with van der Waals surface area (Å²) in [6.07, 6.45) is 0. The van der Waals surface area contributed by atoms with E-state index in [0.29, 0.717) is 28.9 Å². The van der Waals surface area contributed by atoms with Crippen molar-refractivity contribution in [2.24, 2.45) is 0 Å². The van der Waals surface area contributed by atoms with Gasteiger partial charge < -0.3 is 14.5 Å². The molecule has 0 saturated carbocycles. The molecule has 1 aromatic carbocycles. The van der Waals surface area contributed by atoms with E-state index in [9.17, 15) is 9.59 Å². The second-order valence-corrected chi connectivity index (χ2v) is 5.77. The van der Waals surface area contributed by atoms with Crippen LogP contribution in [0, 0.1) is 0 Å². The number of nitrogens with one attached hydrogen (secondary N) is 1. The van der Waals surface area contributed by atoms with Gasteiger partial charge in [0.25, 0.3) is 5.91 Å². The minimum absolute atomic E-state index is 0.301. The summed E-state index contributed by atoms with van der Waals surface area (Å²) in [5.74, 6) is 0.297. The minimum atomic E-state index is -0.560. The highest BCUT2D eigenvalue weighted by Gasteiger charge is 2.19. The lowest BCUT2D eigenvalue weighted by Gasteiger charge is -2.20. The zero-order chi connectivity index (χ0) is 15.6. The highest BCUT2D eigenvalue weighted by atomic mass is 16.5. The Labute approximate surface area is 122 Å². The topological polar surface area (TPSA) is 68.5 Å². The molecule has 5 nitrogen and oxygen atoms in total. The first-order valence-electron chi connectivity index (χ1n) is 6.83. The number of benzene rings is 1. The van der Waals surface area contributed by atoms with Crippen LogP contribution >= 0.6 is 0 Å². The van der Waals surface area contributed by atoms with E-state index in [1.807, 2.05) is 27.7 Å². The number of fused-ring (bicyclic) bond motifs is 1. The number of hydrogen-bond donors (Lipinski definition) is 1. The Morgan fingerprint density at radius 1 is 1.29 bits per heavy atom. The van der Waals surface area contributed by atoms with Gasteiger partial charge in [-0.3, -0.25) is 4.79 Å². The van der Waals surface area contributed by atoms with Crippen LogP contribution in [-0.4, -0.2) is 18.1 Å². The summed E-state index contributed by atoms with van der Waals surface area (Å²) in [6, 6.07) is 6.30. The van der Waals surface area contributed by atoms with Gasteiger partial charge in [-0.05, 0) is 39.8 Å². The molecule has 0 atom stereocenters. The van der Waals surface area contributed by atoms with E-state index in [1.165, 1.54) is 6.07 Å². The summed E-state index contributed by atoms with van der Waals surface area (Å²) in [6.45, 7) is 8.02. The minimum Gasteiger partial charge on any atom is -0.494 e. The number of carbonyl (C=O) groups is 1. The maximum Gasteiger partial charge on any atom is 0.337 e. The fourth-order valence-electron chi connectivity index (χ4n) is 2.00. The van der Waals surface area contributed by atoms with Crippen molar-refractivity contribution in [3.8, 4) is 5.75 Å². The molecule has 0 spiro atoms. The van der Waals surface area contributed by atoms with Gasteiger partial charge in [-0.25, -0.2) is 4.79 Å². The molecule has 21 heavy (non-hydrogen) atoms. The summed E-state index contributed by atoms with van der Waals surface area (Å²) in [5.41, 5.74) is -0.299. The standard InChI is InChI=1S/C16H19NO4/c1-5-20-10-6-7-11-12(15(19)17-16(2,3)4)9-14(18)21-13(11)8-10/h6-9H,5H2,1-4H3,(H,17,19). The van der Waals surface area contributed by atoms with Gasteiger partial charge >= 0.3 is 5.63 Å². The molecular formula is C16H19NO4. The SMILES string of the molecule is CCOc1ccc2c(C(=O)NC(C)(C)C)cc(=O)oc2c1. The van der Waals surface area contributed by atoms with Crippen LogP contribution in [0.1, 0.15) is 38.1 Å². The molecular weight excluding hydrogens is 270 g/mol. The summed E-state index contributed by atoms with van der Waals surface area (Å²) in [7, 11) is 0. The molecule has 0 radical (unpaired) electrons. The summed E-state index contributed by atoms with van der Waals surface area (Å²) in [5, 5.41) is 3.43. The highest BCUT2D eigenvalue weighted by Crippen LogP contribution is 2.23. The van der Waals surface area contributed by atoms with Crippen molar-refractivity contribution < 1.29 is 13.9 Å². The molecule has 1 heterocycles. The van der Waals surface area contributed by atoms with Crippen molar-refractivity contribution in [1.29, 1.82) is 0 Å². The Kier molecular flexibility index (Phi) is 4.02. The molecule has 0 aliphatic rings. The molecule has 112 valence electrons. The number of rotatable bonds is 3. The molecule has 0 aliphatic carbocycles. The Morgan fingerprint density at radius 3 is 2.62 bits per heavy atom. The van der Waals surface area contributed by atoms with Crippen molar-refractivity contribution in [3.05, 3.63) is 40.2 Å². The largest absolute Gasteiger partial charge is 0.494 e. The maximum atomic E-state index is 12.3. The number of carbonyl (C=O) groups excluding carboxylic acids is 1. The second kappa shape index (κ2) is 5.60. The van der Waals surface area contributed by atoms with Crippen LogP contribution in [0.2, 0.25) is 0 Å². The molecule has 1 N–H and O–H groups in total. The Bertz CT molecular complexity index is 725. The lowest BCUT2D eigenvalue weighted by molar-refractivity contribution is 0.0920. The fourth-order valence-corrected chi connectivity index (χ4v) is 2.00. The van der Waals surface area contributed by atoms with Gasteiger partial charge in [0.15, 0.2) is 0 Å². The predicted octanol–water partition coefficient (Wildman–Crippen LogP) is 2.72. The Morgan fingerprint density at radius 2 is 2.00 bits per heavy atom. The van der Waals surface area contributed by atoms with E-state index in [-0.39, 0.29) is 11.4 Å². The van der Waals surface area contributed by atoms with Gasteiger partial charge in [0.1, 0.15) is 11.3 Å². The summed E-state index contributed by atoms with van der Waals surface area (Å²) < 4.78 is 10.5. The van der Waals surface area contributed by atoms with Gasteiger partial charge in [-0.15, -0.1) is 0 Å². The third-order valence-electron chi connectivity index (χ3n) is 2.76. The van der Waals surface area contributed by atoms with Crippen molar-refractivity contribution >= 4 is 16.9 Å². The molecule has 1 aromatic heterocycles. The van der Waals surface area contributed by atoms with Crippen molar-refractivity contribution in [3.63, 3.8) is 0 Å². The summed E-state index contributed by atoms with van der Waals surface area (Å²) in [4.78, 5) is 24.0. The van der Waals surface area contributed by atoms with Crippen molar-refractivity contribution in [2.75, 3.05) is 6.61 Å². The molecule has 2 aromatic rings. The van der Waals surface area contributed by atoms with Crippen LogP contribution in [0.3, 0.4) is 0 Å². The van der Waals surface area contributed by atoms with Crippen LogP contribution in [0.4, 0.5) is 0 Å². The van der Waals surface area contributed by atoms with E-state index >= 15 is 0 Å². The lowest BCUT2D eigenvalue weighted by Crippen LogP contribution is -2.40. The first-order valence-corrected chi connectivity index (χ1v) is 6.83. The molecule has 0 saturated heterocycles. The first-order chi connectivity index (χ1) is 9.80. The van der Waals surface area contributed by atoms with E-state index in [2.05, 4.69) is 5.32 Å². The van der Waals surface area contributed by atoms with Gasteiger partial charge in [0.2, 0.25) is 0 Å².